The molecule has 1 aromatic carbocycles. The topological polar surface area (TPSA) is 55.1 Å². The van der Waals surface area contributed by atoms with Crippen molar-refractivity contribution in [3.8, 4) is 0 Å². The van der Waals surface area contributed by atoms with Crippen LogP contribution < -0.4 is 5.32 Å². The van der Waals surface area contributed by atoms with E-state index in [0.717, 1.165) is 5.56 Å². The third-order valence-electron chi connectivity index (χ3n) is 2.61. The Kier molecular flexibility index (Phi) is 2.79. The van der Waals surface area contributed by atoms with E-state index in [9.17, 15) is 4.39 Å². The Morgan fingerprint density at radius 2 is 2.16 bits per heavy atom. The van der Waals surface area contributed by atoms with Crippen LogP contribution in [0.5, 0.6) is 0 Å². The van der Waals surface area contributed by atoms with Gasteiger partial charge in [0.25, 0.3) is 5.78 Å². The Morgan fingerprint density at radius 3 is 2.95 bits per heavy atom. The molecule has 96 valence electrons. The second kappa shape index (κ2) is 4.47. The van der Waals surface area contributed by atoms with Crippen LogP contribution in [0.25, 0.3) is 5.78 Å². The fraction of sp³-hybridized carbons (Fsp3) is 0.0833. The van der Waals surface area contributed by atoms with Crippen LogP contribution in [-0.2, 0) is 0 Å². The summed E-state index contributed by atoms with van der Waals surface area (Å²) in [5.41, 5.74) is 1.19. The van der Waals surface area contributed by atoms with E-state index < -0.39 is 0 Å². The van der Waals surface area contributed by atoms with Crippen molar-refractivity contribution in [2.24, 2.45) is 0 Å². The van der Waals surface area contributed by atoms with Crippen LogP contribution in [0.3, 0.4) is 0 Å². The first-order valence-electron chi connectivity index (χ1n) is 5.53. The Hall–Kier alpha value is -2.21. The molecule has 0 radical (unpaired) electrons. The average Bonchev–Trinajstić information content (AvgIpc) is 2.80. The number of anilines is 2. The van der Waals surface area contributed by atoms with Gasteiger partial charge >= 0.3 is 0 Å². The van der Waals surface area contributed by atoms with E-state index in [1.807, 2.05) is 13.0 Å². The van der Waals surface area contributed by atoms with Crippen molar-refractivity contribution in [1.29, 1.82) is 0 Å². The van der Waals surface area contributed by atoms with Gasteiger partial charge in [-0.15, -0.1) is 0 Å². The highest BCUT2D eigenvalue weighted by molar-refractivity contribution is 6.29. The molecule has 0 fully saturated rings. The van der Waals surface area contributed by atoms with Gasteiger partial charge < -0.3 is 5.32 Å². The largest absolute Gasteiger partial charge is 0.338 e. The first kappa shape index (κ1) is 11.9. The van der Waals surface area contributed by atoms with Gasteiger partial charge in [0.05, 0.1) is 5.69 Å². The van der Waals surface area contributed by atoms with Gasteiger partial charge in [0.15, 0.2) is 0 Å². The zero-order valence-electron chi connectivity index (χ0n) is 9.93. The standard InChI is InChI=1S/C12H9ClFN5/c1-7-2-3-9(8(14)4-7)17-11-5-10(13)18-12-15-6-16-19(11)12/h2-6,17H,1H3. The Balaban J connectivity index is 2.07. The van der Waals surface area contributed by atoms with Gasteiger partial charge in [0.2, 0.25) is 0 Å². The number of benzene rings is 1. The molecule has 3 rings (SSSR count). The van der Waals surface area contributed by atoms with E-state index in [2.05, 4.69) is 20.4 Å². The number of aromatic nitrogens is 4. The monoisotopic (exact) mass is 277 g/mol. The zero-order chi connectivity index (χ0) is 13.4. The van der Waals surface area contributed by atoms with Crippen LogP contribution in [0.2, 0.25) is 5.15 Å². The highest BCUT2D eigenvalue weighted by atomic mass is 35.5. The molecule has 0 amide bonds. The predicted molar refractivity (Wildman–Crippen MR) is 70.2 cm³/mol. The quantitative estimate of drug-likeness (QED) is 0.732. The van der Waals surface area contributed by atoms with Crippen molar-refractivity contribution in [2.45, 2.75) is 6.92 Å². The van der Waals surface area contributed by atoms with E-state index in [1.54, 1.807) is 12.1 Å². The lowest BCUT2D eigenvalue weighted by molar-refractivity contribution is 0.630. The summed E-state index contributed by atoms with van der Waals surface area (Å²) in [4.78, 5) is 7.94. The molecule has 0 aliphatic rings. The fourth-order valence-electron chi connectivity index (χ4n) is 1.73. The normalized spacial score (nSPS) is 10.9. The lowest BCUT2D eigenvalue weighted by Crippen LogP contribution is -2.03. The van der Waals surface area contributed by atoms with Crippen LogP contribution >= 0.6 is 11.6 Å². The van der Waals surface area contributed by atoms with E-state index in [-0.39, 0.29) is 11.0 Å². The van der Waals surface area contributed by atoms with Crippen LogP contribution in [0.1, 0.15) is 5.56 Å². The number of hydrogen-bond acceptors (Lipinski definition) is 4. The molecule has 0 bridgehead atoms. The Morgan fingerprint density at radius 1 is 1.32 bits per heavy atom. The van der Waals surface area contributed by atoms with E-state index >= 15 is 0 Å². The maximum atomic E-state index is 13.8. The third-order valence-corrected chi connectivity index (χ3v) is 2.80. The molecule has 19 heavy (non-hydrogen) atoms. The fourth-order valence-corrected chi connectivity index (χ4v) is 1.91. The van der Waals surface area contributed by atoms with Gasteiger partial charge in [0, 0.05) is 6.07 Å². The summed E-state index contributed by atoms with van der Waals surface area (Å²) in [6, 6.07) is 6.47. The summed E-state index contributed by atoms with van der Waals surface area (Å²) in [5.74, 6) is 0.499. The molecule has 0 atom stereocenters. The van der Waals surface area contributed by atoms with Crippen LogP contribution in [0.4, 0.5) is 15.9 Å². The molecule has 5 nitrogen and oxygen atoms in total. The molecule has 0 saturated heterocycles. The number of aryl methyl sites for hydroxylation is 1. The molecule has 0 saturated carbocycles. The average molecular weight is 278 g/mol. The van der Waals surface area contributed by atoms with Gasteiger partial charge in [-0.2, -0.15) is 19.6 Å². The van der Waals surface area contributed by atoms with Crippen LogP contribution in [-0.4, -0.2) is 19.6 Å². The zero-order valence-corrected chi connectivity index (χ0v) is 10.7. The Bertz CT molecular complexity index is 755. The van der Waals surface area contributed by atoms with Crippen molar-refractivity contribution in [1.82, 2.24) is 19.6 Å². The van der Waals surface area contributed by atoms with Gasteiger partial charge in [-0.05, 0) is 24.6 Å². The number of nitrogens with zero attached hydrogens (tertiary/aromatic N) is 4. The first-order chi connectivity index (χ1) is 9.13. The minimum Gasteiger partial charge on any atom is -0.338 e. The minimum atomic E-state index is -0.346. The lowest BCUT2D eigenvalue weighted by atomic mass is 10.2. The summed E-state index contributed by atoms with van der Waals surface area (Å²) < 4.78 is 15.3. The molecule has 0 aliphatic heterocycles. The molecule has 7 heteroatoms. The third kappa shape index (κ3) is 2.22. The maximum Gasteiger partial charge on any atom is 0.255 e. The van der Waals surface area contributed by atoms with Crippen LogP contribution in [0.15, 0.2) is 30.6 Å². The molecule has 2 aromatic heterocycles. The van der Waals surface area contributed by atoms with E-state index in [0.29, 0.717) is 17.3 Å². The molecular formula is C12H9ClFN5. The SMILES string of the molecule is Cc1ccc(Nc2cc(Cl)nc3ncnn23)c(F)c1. The molecule has 0 unspecified atom stereocenters. The van der Waals surface area contributed by atoms with E-state index in [1.165, 1.54) is 16.9 Å². The molecule has 1 N–H and O–H groups in total. The summed E-state index contributed by atoms with van der Waals surface area (Å²) in [6.45, 7) is 1.83. The van der Waals surface area contributed by atoms with Gasteiger partial charge in [-0.1, -0.05) is 17.7 Å². The number of fused-ring (bicyclic) bond motifs is 1. The highest BCUT2D eigenvalue weighted by Crippen LogP contribution is 2.22. The maximum absolute atomic E-state index is 13.8. The van der Waals surface area contributed by atoms with Crippen molar-refractivity contribution < 1.29 is 4.39 Å². The molecule has 3 aromatic rings. The smallest absolute Gasteiger partial charge is 0.255 e. The van der Waals surface area contributed by atoms with Crippen molar-refractivity contribution in [3.05, 3.63) is 47.1 Å². The molecule has 2 heterocycles. The first-order valence-corrected chi connectivity index (χ1v) is 5.91. The van der Waals surface area contributed by atoms with Crippen molar-refractivity contribution >= 4 is 28.9 Å². The lowest BCUT2D eigenvalue weighted by Gasteiger charge is -2.09. The molecule has 0 aliphatic carbocycles. The van der Waals surface area contributed by atoms with Crippen molar-refractivity contribution in [2.75, 3.05) is 5.32 Å². The second-order valence-electron chi connectivity index (χ2n) is 4.04. The van der Waals surface area contributed by atoms with Crippen molar-refractivity contribution in [3.63, 3.8) is 0 Å². The molecule has 0 spiro atoms. The summed E-state index contributed by atoms with van der Waals surface area (Å²) in [7, 11) is 0. The Labute approximate surface area is 113 Å². The highest BCUT2D eigenvalue weighted by Gasteiger charge is 2.09. The summed E-state index contributed by atoms with van der Waals surface area (Å²) in [6.07, 6.45) is 1.36. The van der Waals surface area contributed by atoms with Gasteiger partial charge in [-0.3, -0.25) is 0 Å². The predicted octanol–water partition coefficient (Wildman–Crippen LogP) is 2.97. The minimum absolute atomic E-state index is 0.260. The summed E-state index contributed by atoms with van der Waals surface area (Å²) >= 11 is 5.89. The van der Waals surface area contributed by atoms with E-state index in [4.69, 9.17) is 11.6 Å². The number of rotatable bonds is 2. The summed E-state index contributed by atoms with van der Waals surface area (Å²) in [5, 5.41) is 7.19. The van der Waals surface area contributed by atoms with Crippen LogP contribution in [0, 0.1) is 12.7 Å². The molecular weight excluding hydrogens is 269 g/mol. The number of halogens is 2. The second-order valence-corrected chi connectivity index (χ2v) is 4.43. The van der Waals surface area contributed by atoms with Gasteiger partial charge in [-0.25, -0.2) is 4.39 Å². The van der Waals surface area contributed by atoms with Gasteiger partial charge in [0.1, 0.15) is 23.1 Å². The number of hydrogen-bond donors (Lipinski definition) is 1. The number of nitrogens with one attached hydrogen (secondary N) is 1.